The Morgan fingerprint density at radius 2 is 1.95 bits per heavy atom. The van der Waals surface area contributed by atoms with E-state index in [1.165, 1.54) is 0 Å². The number of aromatic amines is 1. The SMILES string of the molecule is CC(C)(C)Cc1[nH]nc(N)c1-c1ccc(Cl)cc1Cl. The molecule has 3 N–H and O–H groups in total. The van der Waals surface area contributed by atoms with Crippen LogP contribution in [-0.4, -0.2) is 10.2 Å². The Balaban J connectivity index is 2.52. The molecule has 5 heteroatoms. The number of hydrogen-bond acceptors (Lipinski definition) is 2. The molecule has 2 aromatic rings. The van der Waals surface area contributed by atoms with E-state index in [2.05, 4.69) is 31.0 Å². The van der Waals surface area contributed by atoms with Crippen LogP contribution in [0.25, 0.3) is 11.1 Å². The summed E-state index contributed by atoms with van der Waals surface area (Å²) in [7, 11) is 0. The molecule has 0 atom stereocenters. The van der Waals surface area contributed by atoms with Crippen molar-refractivity contribution in [3.8, 4) is 11.1 Å². The molecule has 102 valence electrons. The quantitative estimate of drug-likeness (QED) is 0.854. The summed E-state index contributed by atoms with van der Waals surface area (Å²) >= 11 is 12.2. The number of halogens is 2. The van der Waals surface area contributed by atoms with E-state index in [1.54, 1.807) is 12.1 Å². The fourth-order valence-corrected chi connectivity index (χ4v) is 2.55. The summed E-state index contributed by atoms with van der Waals surface area (Å²) in [5, 5.41) is 8.29. The number of nitrogens with two attached hydrogens (primary N) is 1. The zero-order valence-corrected chi connectivity index (χ0v) is 12.7. The summed E-state index contributed by atoms with van der Waals surface area (Å²) in [5.41, 5.74) is 8.82. The van der Waals surface area contributed by atoms with Gasteiger partial charge in [0.25, 0.3) is 0 Å². The average molecular weight is 298 g/mol. The van der Waals surface area contributed by atoms with Gasteiger partial charge in [-0.05, 0) is 24.0 Å². The first-order valence-corrected chi connectivity index (χ1v) is 6.81. The standard InChI is InChI=1S/C14H17Cl2N3/c1-14(2,3)7-11-12(13(17)19-18-11)9-5-4-8(15)6-10(9)16/h4-6H,7H2,1-3H3,(H3,17,18,19). The first-order chi connectivity index (χ1) is 8.78. The zero-order valence-electron chi connectivity index (χ0n) is 11.2. The topological polar surface area (TPSA) is 54.7 Å². The molecule has 0 amide bonds. The maximum absolute atomic E-state index is 6.25. The molecule has 0 unspecified atom stereocenters. The highest BCUT2D eigenvalue weighted by Gasteiger charge is 2.20. The van der Waals surface area contributed by atoms with E-state index in [9.17, 15) is 0 Å². The Morgan fingerprint density at radius 1 is 1.26 bits per heavy atom. The van der Waals surface area contributed by atoms with E-state index in [4.69, 9.17) is 28.9 Å². The van der Waals surface area contributed by atoms with Crippen molar-refractivity contribution in [2.45, 2.75) is 27.2 Å². The Bertz CT molecular complexity index is 597. The second-order valence-corrected chi connectivity index (χ2v) is 6.67. The summed E-state index contributed by atoms with van der Waals surface area (Å²) in [5.74, 6) is 0.462. The van der Waals surface area contributed by atoms with Crippen molar-refractivity contribution >= 4 is 29.0 Å². The largest absolute Gasteiger partial charge is 0.382 e. The molecular weight excluding hydrogens is 281 g/mol. The van der Waals surface area contributed by atoms with E-state index in [0.29, 0.717) is 15.9 Å². The van der Waals surface area contributed by atoms with Crippen molar-refractivity contribution in [2.24, 2.45) is 5.41 Å². The van der Waals surface area contributed by atoms with Crippen LogP contribution in [0.1, 0.15) is 26.5 Å². The second-order valence-electron chi connectivity index (χ2n) is 5.82. The molecule has 0 saturated heterocycles. The Labute approximate surface area is 123 Å². The molecule has 0 radical (unpaired) electrons. The molecule has 0 bridgehead atoms. The molecule has 0 fully saturated rings. The van der Waals surface area contributed by atoms with Gasteiger partial charge in [0.2, 0.25) is 0 Å². The molecule has 0 aliphatic carbocycles. The molecule has 1 aromatic heterocycles. The number of rotatable bonds is 2. The van der Waals surface area contributed by atoms with Gasteiger partial charge in [0.05, 0.1) is 5.02 Å². The molecule has 3 nitrogen and oxygen atoms in total. The number of nitrogen functional groups attached to an aromatic ring is 1. The van der Waals surface area contributed by atoms with Crippen LogP contribution in [0.3, 0.4) is 0 Å². The highest BCUT2D eigenvalue weighted by molar-refractivity contribution is 6.36. The Kier molecular flexibility index (Phi) is 3.79. The predicted octanol–water partition coefficient (Wildman–Crippen LogP) is 4.55. The Morgan fingerprint density at radius 3 is 2.53 bits per heavy atom. The van der Waals surface area contributed by atoms with Crippen molar-refractivity contribution in [3.05, 3.63) is 33.9 Å². The lowest BCUT2D eigenvalue weighted by Crippen LogP contribution is -2.10. The lowest BCUT2D eigenvalue weighted by Gasteiger charge is -2.18. The number of anilines is 1. The number of nitrogens with one attached hydrogen (secondary N) is 1. The molecule has 0 aliphatic heterocycles. The van der Waals surface area contributed by atoms with Gasteiger partial charge in [-0.2, -0.15) is 5.10 Å². The van der Waals surface area contributed by atoms with Gasteiger partial charge >= 0.3 is 0 Å². The first-order valence-electron chi connectivity index (χ1n) is 6.06. The molecular formula is C14H17Cl2N3. The van der Waals surface area contributed by atoms with E-state index in [1.807, 2.05) is 6.07 Å². The lowest BCUT2D eigenvalue weighted by molar-refractivity contribution is 0.406. The number of aromatic nitrogens is 2. The maximum atomic E-state index is 6.25. The number of hydrogen-bond donors (Lipinski definition) is 2. The molecule has 19 heavy (non-hydrogen) atoms. The van der Waals surface area contributed by atoms with Gasteiger partial charge < -0.3 is 5.73 Å². The number of benzene rings is 1. The van der Waals surface area contributed by atoms with Gasteiger partial charge in [-0.15, -0.1) is 0 Å². The van der Waals surface area contributed by atoms with Crippen LogP contribution >= 0.6 is 23.2 Å². The molecule has 2 rings (SSSR count). The van der Waals surface area contributed by atoms with Crippen molar-refractivity contribution < 1.29 is 0 Å². The molecule has 0 spiro atoms. The van der Waals surface area contributed by atoms with Gasteiger partial charge in [0.1, 0.15) is 0 Å². The van der Waals surface area contributed by atoms with E-state index >= 15 is 0 Å². The third-order valence-corrected chi connectivity index (χ3v) is 3.32. The minimum absolute atomic E-state index is 0.132. The van der Waals surface area contributed by atoms with Crippen molar-refractivity contribution in [2.75, 3.05) is 5.73 Å². The van der Waals surface area contributed by atoms with Crippen LogP contribution in [0.5, 0.6) is 0 Å². The third kappa shape index (κ3) is 3.23. The molecule has 1 heterocycles. The highest BCUT2D eigenvalue weighted by atomic mass is 35.5. The van der Waals surface area contributed by atoms with Gasteiger partial charge in [-0.25, -0.2) is 0 Å². The van der Waals surface area contributed by atoms with Crippen molar-refractivity contribution in [3.63, 3.8) is 0 Å². The van der Waals surface area contributed by atoms with Crippen LogP contribution in [0.15, 0.2) is 18.2 Å². The Hall–Kier alpha value is -1.19. The number of H-pyrrole nitrogens is 1. The van der Waals surface area contributed by atoms with E-state index < -0.39 is 0 Å². The van der Waals surface area contributed by atoms with Crippen LogP contribution in [-0.2, 0) is 6.42 Å². The summed E-state index contributed by atoms with van der Waals surface area (Å²) in [4.78, 5) is 0. The van der Waals surface area contributed by atoms with Crippen LogP contribution in [0, 0.1) is 5.41 Å². The average Bonchev–Trinajstić information content (AvgIpc) is 2.58. The second kappa shape index (κ2) is 5.06. The molecule has 0 aliphatic rings. The zero-order chi connectivity index (χ0) is 14.2. The predicted molar refractivity (Wildman–Crippen MR) is 81.6 cm³/mol. The normalized spacial score (nSPS) is 11.8. The van der Waals surface area contributed by atoms with Crippen molar-refractivity contribution in [1.82, 2.24) is 10.2 Å². The maximum Gasteiger partial charge on any atom is 0.153 e. The van der Waals surface area contributed by atoms with Crippen LogP contribution < -0.4 is 5.73 Å². The molecule has 1 aromatic carbocycles. The monoisotopic (exact) mass is 297 g/mol. The third-order valence-electron chi connectivity index (χ3n) is 2.78. The summed E-state index contributed by atoms with van der Waals surface area (Å²) in [6, 6.07) is 5.39. The fourth-order valence-electron chi connectivity index (χ4n) is 2.05. The minimum atomic E-state index is 0.132. The van der Waals surface area contributed by atoms with E-state index in [0.717, 1.165) is 23.2 Å². The first kappa shape index (κ1) is 14.2. The lowest BCUT2D eigenvalue weighted by atomic mass is 9.88. The number of nitrogens with zero attached hydrogens (tertiary/aromatic N) is 1. The smallest absolute Gasteiger partial charge is 0.153 e. The van der Waals surface area contributed by atoms with Gasteiger partial charge in [0.15, 0.2) is 5.82 Å². The summed E-state index contributed by atoms with van der Waals surface area (Å²) in [6.07, 6.45) is 0.839. The van der Waals surface area contributed by atoms with Gasteiger partial charge in [-0.1, -0.05) is 50.0 Å². The summed E-state index contributed by atoms with van der Waals surface area (Å²) in [6.45, 7) is 6.49. The van der Waals surface area contributed by atoms with Crippen molar-refractivity contribution in [1.29, 1.82) is 0 Å². The van der Waals surface area contributed by atoms with Gasteiger partial charge in [0, 0.05) is 21.8 Å². The van der Waals surface area contributed by atoms with Gasteiger partial charge in [-0.3, -0.25) is 5.10 Å². The van der Waals surface area contributed by atoms with E-state index in [-0.39, 0.29) is 5.41 Å². The van der Waals surface area contributed by atoms with Crippen LogP contribution in [0.2, 0.25) is 10.0 Å². The van der Waals surface area contributed by atoms with Crippen LogP contribution in [0.4, 0.5) is 5.82 Å². The fraction of sp³-hybridized carbons (Fsp3) is 0.357. The highest BCUT2D eigenvalue weighted by Crippen LogP contribution is 2.37. The molecule has 0 saturated carbocycles. The minimum Gasteiger partial charge on any atom is -0.382 e. The summed E-state index contributed by atoms with van der Waals surface area (Å²) < 4.78 is 0.